The second-order valence-electron chi connectivity index (χ2n) is 7.21. The Morgan fingerprint density at radius 1 is 1.22 bits per heavy atom. The molecule has 0 radical (unpaired) electrons. The molecule has 2 bridgehead atoms. The molecule has 23 heavy (non-hydrogen) atoms. The number of anilines is 1. The summed E-state index contributed by atoms with van der Waals surface area (Å²) in [6.07, 6.45) is 5.32. The average Bonchev–Trinajstić information content (AvgIpc) is 3.07. The average molecular weight is 310 g/mol. The lowest BCUT2D eigenvalue weighted by atomic mass is 9.90. The van der Waals surface area contributed by atoms with Gasteiger partial charge in [-0.15, -0.1) is 0 Å². The van der Waals surface area contributed by atoms with Crippen LogP contribution in [0.4, 0.5) is 5.82 Å². The van der Waals surface area contributed by atoms with Crippen LogP contribution in [0, 0.1) is 12.3 Å². The standard InChI is InChI=1S/C18H22N4O/c1-13-21-15(14-5-3-4-8-19-14)9-16(22-13)20-11-18-7-6-17(2,10-18)12-23-18/h3-5,8-9H,6-7,10-12H2,1-2H3,(H,20,21,22). The minimum Gasteiger partial charge on any atom is -0.373 e. The minimum absolute atomic E-state index is 0.0151. The molecule has 2 aromatic rings. The summed E-state index contributed by atoms with van der Waals surface area (Å²) in [7, 11) is 0. The Hall–Kier alpha value is -2.01. The second kappa shape index (κ2) is 5.27. The van der Waals surface area contributed by atoms with Crippen molar-refractivity contribution >= 4 is 5.82 Å². The molecule has 1 saturated heterocycles. The van der Waals surface area contributed by atoms with Crippen LogP contribution in [0.25, 0.3) is 11.4 Å². The summed E-state index contributed by atoms with van der Waals surface area (Å²) < 4.78 is 6.09. The fourth-order valence-corrected chi connectivity index (χ4v) is 3.82. The molecule has 2 aliphatic rings. The number of rotatable bonds is 4. The molecule has 2 fully saturated rings. The summed E-state index contributed by atoms with van der Waals surface area (Å²) in [5, 5.41) is 3.47. The quantitative estimate of drug-likeness (QED) is 0.939. The van der Waals surface area contributed by atoms with E-state index >= 15 is 0 Å². The first-order chi connectivity index (χ1) is 11.1. The lowest BCUT2D eigenvalue weighted by Gasteiger charge is -2.27. The van der Waals surface area contributed by atoms with Gasteiger partial charge in [-0.3, -0.25) is 4.98 Å². The van der Waals surface area contributed by atoms with Crippen molar-refractivity contribution in [1.29, 1.82) is 0 Å². The van der Waals surface area contributed by atoms with E-state index in [9.17, 15) is 0 Å². The summed E-state index contributed by atoms with van der Waals surface area (Å²) in [4.78, 5) is 13.4. The first-order valence-corrected chi connectivity index (χ1v) is 8.21. The van der Waals surface area contributed by atoms with Gasteiger partial charge in [-0.25, -0.2) is 9.97 Å². The first-order valence-electron chi connectivity index (χ1n) is 8.21. The molecule has 0 amide bonds. The SMILES string of the molecule is Cc1nc(NCC23CCC(C)(CO2)C3)cc(-c2ccccn2)n1. The Balaban J connectivity index is 1.53. The topological polar surface area (TPSA) is 59.9 Å². The van der Waals surface area contributed by atoms with E-state index in [-0.39, 0.29) is 5.60 Å². The van der Waals surface area contributed by atoms with Crippen molar-refractivity contribution in [3.8, 4) is 11.4 Å². The number of fused-ring (bicyclic) bond motifs is 2. The third kappa shape index (κ3) is 2.81. The molecule has 5 heteroatoms. The zero-order valence-electron chi connectivity index (χ0n) is 13.7. The van der Waals surface area contributed by atoms with Gasteiger partial charge in [0, 0.05) is 18.8 Å². The van der Waals surface area contributed by atoms with E-state index in [0.29, 0.717) is 5.41 Å². The number of ether oxygens (including phenoxy) is 1. The highest BCUT2D eigenvalue weighted by Crippen LogP contribution is 2.52. The molecule has 2 aromatic heterocycles. The Morgan fingerprint density at radius 3 is 2.78 bits per heavy atom. The smallest absolute Gasteiger partial charge is 0.130 e. The largest absolute Gasteiger partial charge is 0.373 e. The van der Waals surface area contributed by atoms with Crippen molar-refractivity contribution in [2.24, 2.45) is 5.41 Å². The van der Waals surface area contributed by atoms with Crippen LogP contribution in [0.15, 0.2) is 30.5 Å². The third-order valence-electron chi connectivity index (χ3n) is 5.02. The molecule has 4 rings (SSSR count). The van der Waals surface area contributed by atoms with Gasteiger partial charge in [-0.1, -0.05) is 13.0 Å². The summed E-state index contributed by atoms with van der Waals surface area (Å²) in [5.41, 5.74) is 2.08. The number of pyridine rings is 1. The van der Waals surface area contributed by atoms with E-state index in [0.717, 1.165) is 49.0 Å². The highest BCUT2D eigenvalue weighted by molar-refractivity contribution is 5.58. The van der Waals surface area contributed by atoms with Crippen molar-refractivity contribution < 1.29 is 4.74 Å². The predicted octanol–water partition coefficient (Wildman–Crippen LogP) is 3.22. The van der Waals surface area contributed by atoms with Crippen molar-refractivity contribution in [3.05, 3.63) is 36.3 Å². The van der Waals surface area contributed by atoms with Gasteiger partial charge in [-0.05, 0) is 43.7 Å². The third-order valence-corrected chi connectivity index (χ3v) is 5.02. The Kier molecular flexibility index (Phi) is 3.34. The van der Waals surface area contributed by atoms with Gasteiger partial charge in [-0.2, -0.15) is 0 Å². The number of hydrogen-bond donors (Lipinski definition) is 1. The minimum atomic E-state index is -0.0151. The molecule has 120 valence electrons. The molecular formula is C18H22N4O. The maximum atomic E-state index is 6.09. The predicted molar refractivity (Wildman–Crippen MR) is 89.1 cm³/mol. The normalized spacial score (nSPS) is 29.0. The van der Waals surface area contributed by atoms with Crippen LogP contribution in [0.3, 0.4) is 0 Å². The van der Waals surface area contributed by atoms with Crippen LogP contribution in [0.2, 0.25) is 0 Å². The van der Waals surface area contributed by atoms with Crippen molar-refractivity contribution in [2.45, 2.75) is 38.7 Å². The van der Waals surface area contributed by atoms with Crippen LogP contribution in [0.1, 0.15) is 32.0 Å². The van der Waals surface area contributed by atoms with Gasteiger partial charge in [0.25, 0.3) is 0 Å². The Morgan fingerprint density at radius 2 is 2.13 bits per heavy atom. The molecule has 2 unspecified atom stereocenters. The van der Waals surface area contributed by atoms with Gasteiger partial charge in [0.2, 0.25) is 0 Å². The van der Waals surface area contributed by atoms with Crippen molar-refractivity contribution in [3.63, 3.8) is 0 Å². The number of aromatic nitrogens is 3. The Labute approximate surface area is 136 Å². The van der Waals surface area contributed by atoms with Crippen LogP contribution in [-0.2, 0) is 4.74 Å². The van der Waals surface area contributed by atoms with Gasteiger partial charge in [0.05, 0.1) is 23.6 Å². The molecule has 1 aliphatic carbocycles. The van der Waals surface area contributed by atoms with E-state index in [4.69, 9.17) is 4.74 Å². The van der Waals surface area contributed by atoms with Gasteiger partial charge < -0.3 is 10.1 Å². The second-order valence-corrected chi connectivity index (χ2v) is 7.21. The summed E-state index contributed by atoms with van der Waals surface area (Å²) >= 11 is 0. The lowest BCUT2D eigenvalue weighted by Crippen LogP contribution is -2.35. The summed E-state index contributed by atoms with van der Waals surface area (Å²) in [6, 6.07) is 7.81. The Bertz CT molecular complexity index is 708. The molecule has 5 nitrogen and oxygen atoms in total. The maximum Gasteiger partial charge on any atom is 0.130 e. The number of aryl methyl sites for hydroxylation is 1. The van der Waals surface area contributed by atoms with Crippen LogP contribution < -0.4 is 5.32 Å². The van der Waals surface area contributed by atoms with Crippen LogP contribution in [-0.4, -0.2) is 33.7 Å². The van der Waals surface area contributed by atoms with Crippen LogP contribution >= 0.6 is 0 Å². The zero-order valence-corrected chi connectivity index (χ0v) is 13.7. The van der Waals surface area contributed by atoms with E-state index in [1.807, 2.05) is 31.2 Å². The van der Waals surface area contributed by atoms with E-state index in [2.05, 4.69) is 27.2 Å². The molecule has 1 aliphatic heterocycles. The fraction of sp³-hybridized carbons (Fsp3) is 0.500. The lowest BCUT2D eigenvalue weighted by molar-refractivity contribution is -0.0168. The van der Waals surface area contributed by atoms with Gasteiger partial charge in [0.1, 0.15) is 11.6 Å². The van der Waals surface area contributed by atoms with E-state index in [1.54, 1.807) is 6.20 Å². The number of nitrogens with zero attached hydrogens (tertiary/aromatic N) is 3. The molecule has 0 aromatic carbocycles. The van der Waals surface area contributed by atoms with E-state index < -0.39 is 0 Å². The highest BCUT2D eigenvalue weighted by Gasteiger charge is 2.52. The van der Waals surface area contributed by atoms with Crippen molar-refractivity contribution in [2.75, 3.05) is 18.5 Å². The first kappa shape index (κ1) is 14.6. The fourth-order valence-electron chi connectivity index (χ4n) is 3.82. The molecule has 1 saturated carbocycles. The van der Waals surface area contributed by atoms with Crippen molar-refractivity contribution in [1.82, 2.24) is 15.0 Å². The maximum absolute atomic E-state index is 6.09. The summed E-state index contributed by atoms with van der Waals surface area (Å²) in [5.74, 6) is 1.59. The highest BCUT2D eigenvalue weighted by atomic mass is 16.5. The van der Waals surface area contributed by atoms with Gasteiger partial charge >= 0.3 is 0 Å². The zero-order chi connectivity index (χ0) is 15.9. The van der Waals surface area contributed by atoms with E-state index in [1.165, 1.54) is 6.42 Å². The molecule has 3 heterocycles. The molecule has 2 atom stereocenters. The monoisotopic (exact) mass is 310 g/mol. The molecule has 1 N–H and O–H groups in total. The number of hydrogen-bond acceptors (Lipinski definition) is 5. The van der Waals surface area contributed by atoms with Gasteiger partial charge in [0.15, 0.2) is 0 Å². The molecule has 0 spiro atoms. The summed E-state index contributed by atoms with van der Waals surface area (Å²) in [6.45, 7) is 5.93. The molecular weight excluding hydrogens is 288 g/mol. The van der Waals surface area contributed by atoms with Crippen LogP contribution in [0.5, 0.6) is 0 Å². The number of nitrogens with one attached hydrogen (secondary N) is 1.